The minimum absolute atomic E-state index is 0.0258. The molecule has 0 aromatic heterocycles. The smallest absolute Gasteiger partial charge is 0.240 e. The van der Waals surface area contributed by atoms with Crippen LogP contribution in [0.4, 0.5) is 4.39 Å². The monoisotopic (exact) mass is 410 g/mol. The maximum atomic E-state index is 13.6. The van der Waals surface area contributed by atoms with Crippen molar-refractivity contribution in [2.75, 3.05) is 19.6 Å². The van der Waals surface area contributed by atoms with Crippen molar-refractivity contribution in [3.63, 3.8) is 0 Å². The first-order chi connectivity index (χ1) is 14.5. The number of nitriles is 1. The summed E-state index contributed by atoms with van der Waals surface area (Å²) in [7, 11) is 0. The fourth-order valence-electron chi connectivity index (χ4n) is 6.03. The molecule has 1 aromatic carbocycles. The van der Waals surface area contributed by atoms with Gasteiger partial charge in [0.05, 0.1) is 18.2 Å². The van der Waals surface area contributed by atoms with Crippen LogP contribution >= 0.6 is 0 Å². The highest BCUT2D eigenvalue weighted by Gasteiger charge is 2.53. The van der Waals surface area contributed by atoms with Crippen LogP contribution in [0.15, 0.2) is 18.2 Å². The molecule has 3 fully saturated rings. The zero-order chi connectivity index (χ0) is 21.0. The van der Waals surface area contributed by atoms with Crippen LogP contribution < -0.4 is 0 Å². The number of aryl methyl sites for hydroxylation is 1. The first kappa shape index (κ1) is 19.5. The number of carbonyl (C=O) groups is 2. The fourth-order valence-corrected chi connectivity index (χ4v) is 6.03. The molecule has 0 N–H and O–H groups in total. The summed E-state index contributed by atoms with van der Waals surface area (Å²) in [6.07, 6.45) is 4.10. The number of benzene rings is 1. The molecule has 158 valence electrons. The Kier molecular flexibility index (Phi) is 4.78. The summed E-state index contributed by atoms with van der Waals surface area (Å²) in [6.45, 7) is 3.90. The second-order valence-corrected chi connectivity index (χ2v) is 9.22. The predicted octanol–water partition coefficient (Wildman–Crippen LogP) is 2.25. The summed E-state index contributed by atoms with van der Waals surface area (Å²) in [4.78, 5) is 32.0. The largest absolute Gasteiger partial charge is 0.330 e. The zero-order valence-corrected chi connectivity index (χ0v) is 17.3. The Labute approximate surface area is 176 Å². The van der Waals surface area contributed by atoms with Crippen LogP contribution in [0.5, 0.6) is 0 Å². The van der Waals surface area contributed by atoms with Gasteiger partial charge in [-0.05, 0) is 55.4 Å². The lowest BCUT2D eigenvalue weighted by molar-refractivity contribution is -0.142. The van der Waals surface area contributed by atoms with E-state index in [2.05, 4.69) is 11.0 Å². The third-order valence-electron chi connectivity index (χ3n) is 7.42. The summed E-state index contributed by atoms with van der Waals surface area (Å²) in [5.74, 6) is -0.276. The van der Waals surface area contributed by atoms with Crippen LogP contribution in [0.2, 0.25) is 0 Å². The number of hydrogen-bond acceptors (Lipinski definition) is 4. The average molecular weight is 410 g/mol. The van der Waals surface area contributed by atoms with Gasteiger partial charge in [0.1, 0.15) is 11.9 Å². The van der Waals surface area contributed by atoms with Gasteiger partial charge in [-0.15, -0.1) is 0 Å². The van der Waals surface area contributed by atoms with Crippen molar-refractivity contribution in [3.8, 4) is 6.07 Å². The van der Waals surface area contributed by atoms with Crippen LogP contribution in [0, 0.1) is 23.1 Å². The van der Waals surface area contributed by atoms with E-state index in [1.807, 2.05) is 17.9 Å². The molecule has 5 rings (SSSR count). The van der Waals surface area contributed by atoms with E-state index in [4.69, 9.17) is 0 Å². The number of halogens is 1. The molecule has 3 saturated heterocycles. The molecular formula is C23H27FN4O2. The maximum Gasteiger partial charge on any atom is 0.240 e. The number of likely N-dealkylation sites (tertiary alicyclic amines) is 3. The Bertz CT molecular complexity index is 928. The molecule has 0 unspecified atom stereocenters. The number of nitrogens with zero attached hydrogens (tertiary/aromatic N) is 4. The number of rotatable bonds is 4. The van der Waals surface area contributed by atoms with Crippen molar-refractivity contribution < 1.29 is 14.0 Å². The fraction of sp³-hybridized carbons (Fsp3) is 0.609. The minimum Gasteiger partial charge on any atom is -0.330 e. The summed E-state index contributed by atoms with van der Waals surface area (Å²) < 4.78 is 13.6. The maximum absolute atomic E-state index is 13.6. The third-order valence-corrected chi connectivity index (χ3v) is 7.42. The second-order valence-electron chi connectivity index (χ2n) is 9.22. The summed E-state index contributed by atoms with van der Waals surface area (Å²) in [5, 5.41) is 9.26. The SMILES string of the molecule is C[C@@H](CN1C[C@@H]2C[C@H]1C(=O)N2[C@H]1CCc2cc(F)ccc21)C(=O)N1CCC[C@H]1C#N. The van der Waals surface area contributed by atoms with E-state index in [0.29, 0.717) is 13.1 Å². The van der Waals surface area contributed by atoms with Crippen molar-refractivity contribution >= 4 is 11.8 Å². The minimum atomic E-state index is -0.306. The molecule has 6 nitrogen and oxygen atoms in total. The lowest BCUT2D eigenvalue weighted by atomic mass is 10.0. The molecule has 0 saturated carbocycles. The third kappa shape index (κ3) is 3.01. The number of carbonyl (C=O) groups excluding carboxylic acids is 2. The predicted molar refractivity (Wildman–Crippen MR) is 108 cm³/mol. The van der Waals surface area contributed by atoms with E-state index < -0.39 is 0 Å². The highest BCUT2D eigenvalue weighted by molar-refractivity contribution is 5.86. The van der Waals surface area contributed by atoms with Crippen LogP contribution in [-0.4, -0.2) is 64.3 Å². The van der Waals surface area contributed by atoms with Crippen molar-refractivity contribution in [3.05, 3.63) is 35.1 Å². The summed E-state index contributed by atoms with van der Waals surface area (Å²) >= 11 is 0. The number of hydrogen-bond donors (Lipinski definition) is 0. The molecule has 3 aliphatic heterocycles. The Balaban J connectivity index is 1.25. The first-order valence-electron chi connectivity index (χ1n) is 11.0. The quantitative estimate of drug-likeness (QED) is 0.764. The van der Waals surface area contributed by atoms with E-state index in [9.17, 15) is 19.2 Å². The molecule has 1 aromatic rings. The molecule has 4 aliphatic rings. The van der Waals surface area contributed by atoms with E-state index >= 15 is 0 Å². The normalized spacial score (nSPS) is 31.3. The summed E-state index contributed by atoms with van der Waals surface area (Å²) in [5.41, 5.74) is 2.10. The van der Waals surface area contributed by atoms with Crippen molar-refractivity contribution in [1.82, 2.24) is 14.7 Å². The lowest BCUT2D eigenvalue weighted by Gasteiger charge is -2.38. The zero-order valence-electron chi connectivity index (χ0n) is 17.3. The molecule has 30 heavy (non-hydrogen) atoms. The van der Waals surface area contributed by atoms with E-state index in [-0.39, 0.29) is 47.7 Å². The Morgan fingerprint density at radius 3 is 2.93 bits per heavy atom. The van der Waals surface area contributed by atoms with Crippen molar-refractivity contribution in [1.29, 1.82) is 5.26 Å². The van der Waals surface area contributed by atoms with Gasteiger partial charge in [0.15, 0.2) is 0 Å². The molecule has 5 atom stereocenters. The van der Waals surface area contributed by atoms with Crippen molar-refractivity contribution in [2.24, 2.45) is 5.92 Å². The second kappa shape index (κ2) is 7.35. The lowest BCUT2D eigenvalue weighted by Crippen LogP contribution is -2.53. The molecular weight excluding hydrogens is 383 g/mol. The Hall–Kier alpha value is -2.46. The van der Waals surface area contributed by atoms with Gasteiger partial charge in [-0.25, -0.2) is 4.39 Å². The van der Waals surface area contributed by atoms with Gasteiger partial charge < -0.3 is 9.80 Å². The van der Waals surface area contributed by atoms with Crippen LogP contribution in [0.1, 0.15) is 49.8 Å². The molecule has 0 radical (unpaired) electrons. The Morgan fingerprint density at radius 1 is 1.33 bits per heavy atom. The van der Waals surface area contributed by atoms with Gasteiger partial charge >= 0.3 is 0 Å². The van der Waals surface area contributed by atoms with Crippen LogP contribution in [-0.2, 0) is 16.0 Å². The average Bonchev–Trinajstić information content (AvgIpc) is 3.49. The van der Waals surface area contributed by atoms with E-state index in [0.717, 1.165) is 49.8 Å². The Morgan fingerprint density at radius 2 is 2.17 bits per heavy atom. The van der Waals surface area contributed by atoms with E-state index in [1.165, 1.54) is 6.07 Å². The molecule has 3 heterocycles. The standard InChI is InChI=1S/C23H27FN4O2/c1-14(22(29)27-8-2-3-17(27)11-25)12-26-13-18-10-21(26)23(30)28(18)20-7-4-15-9-16(24)5-6-19(15)20/h5-6,9,14,17-18,20-21H,2-4,7-8,10,12-13H2,1H3/t14-,17-,18-,20-,21-/m0/s1. The molecule has 7 heteroatoms. The molecule has 1 aliphatic carbocycles. The van der Waals surface area contributed by atoms with Gasteiger partial charge in [0.25, 0.3) is 0 Å². The van der Waals surface area contributed by atoms with Gasteiger partial charge in [0.2, 0.25) is 11.8 Å². The molecule has 2 bridgehead atoms. The number of fused-ring (bicyclic) bond motifs is 3. The van der Waals surface area contributed by atoms with Gasteiger partial charge in [-0.1, -0.05) is 13.0 Å². The highest BCUT2D eigenvalue weighted by Crippen LogP contribution is 2.44. The summed E-state index contributed by atoms with van der Waals surface area (Å²) in [6, 6.07) is 6.89. The molecule has 2 amide bonds. The van der Waals surface area contributed by atoms with Gasteiger partial charge in [-0.2, -0.15) is 5.26 Å². The van der Waals surface area contributed by atoms with Crippen LogP contribution in [0.3, 0.4) is 0 Å². The first-order valence-corrected chi connectivity index (χ1v) is 11.0. The van der Waals surface area contributed by atoms with Crippen molar-refractivity contribution in [2.45, 2.75) is 63.2 Å². The van der Waals surface area contributed by atoms with E-state index in [1.54, 1.807) is 11.0 Å². The van der Waals surface area contributed by atoms with Crippen LogP contribution in [0.25, 0.3) is 0 Å². The number of amides is 2. The highest BCUT2D eigenvalue weighted by atomic mass is 19.1. The number of piperazine rings is 1. The topological polar surface area (TPSA) is 67.7 Å². The van der Waals surface area contributed by atoms with Gasteiger partial charge in [0, 0.05) is 31.6 Å². The van der Waals surface area contributed by atoms with Gasteiger partial charge in [-0.3, -0.25) is 14.5 Å². The molecule has 0 spiro atoms.